The van der Waals surface area contributed by atoms with Crippen LogP contribution in [0.1, 0.15) is 50.9 Å². The molecule has 1 aliphatic carbocycles. The van der Waals surface area contributed by atoms with Crippen molar-refractivity contribution in [1.29, 1.82) is 0 Å². The van der Waals surface area contributed by atoms with Gasteiger partial charge in [0.2, 0.25) is 5.91 Å². The fraction of sp³-hybridized carbons (Fsp3) is 0.560. The zero-order chi connectivity index (χ0) is 22.4. The van der Waals surface area contributed by atoms with Gasteiger partial charge < -0.3 is 20.4 Å². The van der Waals surface area contributed by atoms with Gasteiger partial charge in [0.05, 0.1) is 24.1 Å². The summed E-state index contributed by atoms with van der Waals surface area (Å²) in [6.45, 7) is 11.1. The van der Waals surface area contributed by atoms with E-state index in [4.69, 9.17) is 0 Å². The molecule has 0 radical (unpaired) electrons. The first-order chi connectivity index (χ1) is 15.4. The van der Waals surface area contributed by atoms with Gasteiger partial charge in [-0.2, -0.15) is 0 Å². The Hall–Kier alpha value is -2.67. The van der Waals surface area contributed by atoms with Crippen LogP contribution in [0.4, 0.5) is 17.2 Å². The monoisotopic (exact) mass is 434 g/mol. The maximum absolute atomic E-state index is 12.8. The molecule has 7 heteroatoms. The van der Waals surface area contributed by atoms with E-state index in [0.29, 0.717) is 12.0 Å². The zero-order valence-corrected chi connectivity index (χ0v) is 19.5. The molecule has 2 aromatic rings. The Morgan fingerprint density at radius 3 is 2.66 bits per heavy atom. The van der Waals surface area contributed by atoms with Crippen molar-refractivity contribution in [2.24, 2.45) is 11.8 Å². The van der Waals surface area contributed by atoms with Crippen molar-refractivity contribution >= 4 is 23.1 Å². The minimum Gasteiger partial charge on any atom is -0.369 e. The lowest BCUT2D eigenvalue weighted by molar-refractivity contribution is -0.117. The van der Waals surface area contributed by atoms with Gasteiger partial charge >= 0.3 is 0 Å². The second-order valence-corrected chi connectivity index (χ2v) is 9.79. The normalized spacial score (nSPS) is 27.8. The van der Waals surface area contributed by atoms with E-state index in [1.165, 1.54) is 24.1 Å². The van der Waals surface area contributed by atoms with Crippen molar-refractivity contribution in [3.63, 3.8) is 0 Å². The van der Waals surface area contributed by atoms with Crippen LogP contribution in [0.2, 0.25) is 0 Å². The Morgan fingerprint density at radius 2 is 2.00 bits per heavy atom. The molecule has 4 atom stereocenters. The van der Waals surface area contributed by atoms with Gasteiger partial charge in [0, 0.05) is 61.5 Å². The molecule has 3 heterocycles. The number of anilines is 3. The van der Waals surface area contributed by atoms with E-state index in [1.807, 2.05) is 13.1 Å². The Morgan fingerprint density at radius 1 is 1.19 bits per heavy atom. The van der Waals surface area contributed by atoms with Gasteiger partial charge in [0.25, 0.3) is 0 Å². The number of nitrogens with one attached hydrogen (secondary N) is 2. The summed E-state index contributed by atoms with van der Waals surface area (Å²) >= 11 is 0. The molecule has 1 unspecified atom stereocenters. The number of carbonyl (C=O) groups excluding carboxylic acids is 1. The lowest BCUT2D eigenvalue weighted by Crippen LogP contribution is -2.51. The van der Waals surface area contributed by atoms with Crippen LogP contribution in [-0.4, -0.2) is 47.6 Å². The number of amides is 1. The predicted molar refractivity (Wildman–Crippen MR) is 128 cm³/mol. The third-order valence-electron chi connectivity index (χ3n) is 7.23. The SMILES string of the molecule is CC(=O)N1c2ccc(N3CCN[C@@H](C)C3)cc2C(Nc2cnc(C)cn2)[C@@H](C)[C@@H]1C1CC1. The molecule has 1 saturated heterocycles. The van der Waals surface area contributed by atoms with Crippen LogP contribution in [-0.2, 0) is 4.79 Å². The first-order valence-electron chi connectivity index (χ1n) is 11.9. The van der Waals surface area contributed by atoms with Crippen molar-refractivity contribution in [1.82, 2.24) is 15.3 Å². The number of fused-ring (bicyclic) bond motifs is 1. The fourth-order valence-electron chi connectivity index (χ4n) is 5.54. The number of aryl methyl sites for hydroxylation is 1. The average molecular weight is 435 g/mol. The van der Waals surface area contributed by atoms with Gasteiger partial charge in [-0.05, 0) is 50.8 Å². The summed E-state index contributed by atoms with van der Waals surface area (Å²) < 4.78 is 0. The predicted octanol–water partition coefficient (Wildman–Crippen LogP) is 3.52. The molecular weight excluding hydrogens is 400 g/mol. The van der Waals surface area contributed by atoms with E-state index in [2.05, 4.69) is 62.4 Å². The molecule has 5 rings (SSSR count). The number of rotatable bonds is 4. The number of aromatic nitrogens is 2. The van der Waals surface area contributed by atoms with Crippen molar-refractivity contribution < 1.29 is 4.79 Å². The highest BCUT2D eigenvalue weighted by atomic mass is 16.2. The van der Waals surface area contributed by atoms with Crippen LogP contribution < -0.4 is 20.4 Å². The fourth-order valence-corrected chi connectivity index (χ4v) is 5.54. The molecule has 2 aliphatic heterocycles. The molecule has 170 valence electrons. The third kappa shape index (κ3) is 3.94. The smallest absolute Gasteiger partial charge is 0.224 e. The van der Waals surface area contributed by atoms with E-state index in [-0.39, 0.29) is 23.9 Å². The van der Waals surface area contributed by atoms with Crippen LogP contribution in [0, 0.1) is 18.8 Å². The minimum absolute atomic E-state index is 0.0727. The van der Waals surface area contributed by atoms with Crippen LogP contribution in [0.3, 0.4) is 0 Å². The van der Waals surface area contributed by atoms with E-state index in [9.17, 15) is 4.79 Å². The van der Waals surface area contributed by atoms with Crippen LogP contribution >= 0.6 is 0 Å². The van der Waals surface area contributed by atoms with Crippen molar-refractivity contribution in [2.45, 2.75) is 58.7 Å². The van der Waals surface area contributed by atoms with Gasteiger partial charge in [-0.15, -0.1) is 0 Å². The molecule has 1 saturated carbocycles. The van der Waals surface area contributed by atoms with Gasteiger partial charge in [0.15, 0.2) is 0 Å². The first-order valence-corrected chi connectivity index (χ1v) is 11.9. The number of benzene rings is 1. The average Bonchev–Trinajstić information content (AvgIpc) is 3.61. The van der Waals surface area contributed by atoms with E-state index < -0.39 is 0 Å². The summed E-state index contributed by atoms with van der Waals surface area (Å²) in [6, 6.07) is 7.39. The topological polar surface area (TPSA) is 73.4 Å². The number of hydrogen-bond acceptors (Lipinski definition) is 6. The summed E-state index contributed by atoms with van der Waals surface area (Å²) in [4.78, 5) is 26.4. The zero-order valence-electron chi connectivity index (χ0n) is 19.5. The van der Waals surface area contributed by atoms with Crippen molar-refractivity contribution in [3.8, 4) is 0 Å². The molecule has 2 N–H and O–H groups in total. The molecule has 2 fully saturated rings. The Balaban J connectivity index is 1.57. The van der Waals surface area contributed by atoms with E-state index >= 15 is 0 Å². The Kier molecular flexibility index (Phi) is 5.53. The molecule has 3 aliphatic rings. The molecular formula is C25H34N6O. The highest BCUT2D eigenvalue weighted by Gasteiger charge is 2.47. The standard InChI is InChI=1S/C25H34N6O/c1-15-12-28-23(13-27-15)29-24-17(3)25(19-5-6-19)31(18(4)32)22-8-7-20(11-21(22)24)30-10-9-26-16(2)14-30/h7-8,11-13,16-17,19,24-26H,5-6,9-10,14H2,1-4H3,(H,28,29)/t16-,17+,24?,25+/m0/s1. The lowest BCUT2D eigenvalue weighted by atomic mass is 9.79. The molecule has 1 amide bonds. The maximum atomic E-state index is 12.8. The number of carbonyl (C=O) groups is 1. The molecule has 1 aromatic heterocycles. The van der Waals surface area contributed by atoms with E-state index in [0.717, 1.165) is 36.8 Å². The summed E-state index contributed by atoms with van der Waals surface area (Å²) in [5.41, 5.74) is 4.34. The Labute approximate surface area is 190 Å². The molecule has 7 nitrogen and oxygen atoms in total. The van der Waals surface area contributed by atoms with Crippen LogP contribution in [0.15, 0.2) is 30.6 Å². The molecule has 1 aromatic carbocycles. The summed E-state index contributed by atoms with van der Waals surface area (Å²) in [5.74, 6) is 1.75. The van der Waals surface area contributed by atoms with E-state index in [1.54, 1.807) is 13.1 Å². The quantitative estimate of drug-likeness (QED) is 0.767. The second-order valence-electron chi connectivity index (χ2n) is 9.79. The second kappa shape index (κ2) is 8.35. The summed E-state index contributed by atoms with van der Waals surface area (Å²) in [6.07, 6.45) is 6.01. The van der Waals surface area contributed by atoms with Gasteiger partial charge in [0.1, 0.15) is 5.82 Å². The number of nitrogens with zero attached hydrogens (tertiary/aromatic N) is 4. The van der Waals surface area contributed by atoms with Crippen LogP contribution in [0.25, 0.3) is 0 Å². The van der Waals surface area contributed by atoms with Crippen molar-refractivity contribution in [3.05, 3.63) is 41.9 Å². The highest BCUT2D eigenvalue weighted by molar-refractivity contribution is 5.94. The number of piperazine rings is 1. The van der Waals surface area contributed by atoms with Crippen molar-refractivity contribution in [2.75, 3.05) is 34.8 Å². The third-order valence-corrected chi connectivity index (χ3v) is 7.23. The van der Waals surface area contributed by atoms with Crippen LogP contribution in [0.5, 0.6) is 0 Å². The summed E-state index contributed by atoms with van der Waals surface area (Å²) in [7, 11) is 0. The first kappa shape index (κ1) is 21.2. The van der Waals surface area contributed by atoms with Gasteiger partial charge in [-0.25, -0.2) is 4.98 Å². The van der Waals surface area contributed by atoms with Gasteiger partial charge in [-0.3, -0.25) is 9.78 Å². The summed E-state index contributed by atoms with van der Waals surface area (Å²) in [5, 5.41) is 7.20. The molecule has 32 heavy (non-hydrogen) atoms. The molecule has 0 spiro atoms. The maximum Gasteiger partial charge on any atom is 0.224 e. The minimum atomic E-state index is 0.0727. The largest absolute Gasteiger partial charge is 0.369 e. The Bertz CT molecular complexity index is 988. The molecule has 0 bridgehead atoms. The lowest BCUT2D eigenvalue weighted by Gasteiger charge is -2.46. The highest BCUT2D eigenvalue weighted by Crippen LogP contribution is 2.50. The number of hydrogen-bond donors (Lipinski definition) is 2. The van der Waals surface area contributed by atoms with Gasteiger partial charge in [-0.1, -0.05) is 6.92 Å².